The number of benzene rings is 3. The number of ether oxygens (including phenoxy) is 2. The number of carbonyl (C=O) groups excluding carboxylic acids is 2. The normalized spacial score (nSPS) is 17.3. The molecule has 0 aromatic heterocycles. The van der Waals surface area contributed by atoms with E-state index in [0.717, 1.165) is 22.4 Å². The molecule has 0 fully saturated rings. The second kappa shape index (κ2) is 9.36. The predicted octanol–water partition coefficient (Wildman–Crippen LogP) is 3.98. The van der Waals surface area contributed by atoms with Gasteiger partial charge in [-0.15, -0.1) is 0 Å². The van der Waals surface area contributed by atoms with Gasteiger partial charge in [-0.3, -0.25) is 9.59 Å². The van der Waals surface area contributed by atoms with Crippen LogP contribution in [0.1, 0.15) is 34.0 Å². The van der Waals surface area contributed by atoms with E-state index in [1.165, 1.54) is 0 Å². The third-order valence-corrected chi connectivity index (χ3v) is 6.24. The Kier molecular flexibility index (Phi) is 6.36. The van der Waals surface area contributed by atoms with Crippen molar-refractivity contribution in [2.24, 2.45) is 0 Å². The summed E-state index contributed by atoms with van der Waals surface area (Å²) in [6.45, 7) is 2.46. The van der Waals surface area contributed by atoms with Crippen molar-refractivity contribution in [3.63, 3.8) is 0 Å². The summed E-state index contributed by atoms with van der Waals surface area (Å²) in [4.78, 5) is 28.8. The lowest BCUT2D eigenvalue weighted by atomic mass is 9.82. The van der Waals surface area contributed by atoms with Crippen molar-refractivity contribution in [3.8, 4) is 11.5 Å². The number of rotatable bonds is 7. The van der Waals surface area contributed by atoms with Gasteiger partial charge in [0.25, 0.3) is 5.91 Å². The molecule has 1 atom stereocenters. The molecule has 1 aliphatic rings. The largest absolute Gasteiger partial charge is 0.497 e. The van der Waals surface area contributed by atoms with Crippen LogP contribution < -0.4 is 14.8 Å². The number of fused-ring (bicyclic) bond motifs is 1. The number of amides is 2. The summed E-state index contributed by atoms with van der Waals surface area (Å²) in [5.41, 5.74) is 2.27. The lowest BCUT2D eigenvalue weighted by Crippen LogP contribution is -2.62. The van der Waals surface area contributed by atoms with Gasteiger partial charge in [0.1, 0.15) is 17.0 Å². The van der Waals surface area contributed by atoms with E-state index in [0.29, 0.717) is 30.8 Å². The molecule has 0 saturated carbocycles. The fourth-order valence-electron chi connectivity index (χ4n) is 4.30. The summed E-state index contributed by atoms with van der Waals surface area (Å²) in [6, 6.07) is 22.6. The van der Waals surface area contributed by atoms with Crippen LogP contribution in [-0.4, -0.2) is 36.5 Å². The third-order valence-electron chi connectivity index (χ3n) is 6.24. The molecule has 1 aliphatic heterocycles. The second-order valence-electron chi connectivity index (χ2n) is 8.34. The first-order valence-corrected chi connectivity index (χ1v) is 10.9. The second-order valence-corrected chi connectivity index (χ2v) is 8.34. The zero-order valence-corrected chi connectivity index (χ0v) is 19.1. The van der Waals surface area contributed by atoms with Crippen molar-refractivity contribution in [3.05, 3.63) is 95.1 Å². The molecule has 3 aromatic carbocycles. The number of para-hydroxylation sites is 1. The van der Waals surface area contributed by atoms with Gasteiger partial charge >= 0.3 is 0 Å². The molecular weight excluding hydrogens is 416 g/mol. The summed E-state index contributed by atoms with van der Waals surface area (Å²) in [7, 11) is 3.22. The van der Waals surface area contributed by atoms with Crippen molar-refractivity contribution in [2.45, 2.75) is 32.0 Å². The minimum atomic E-state index is -1.05. The first-order valence-electron chi connectivity index (χ1n) is 10.9. The Hall–Kier alpha value is -3.80. The Balaban J connectivity index is 1.63. The molecule has 3 aromatic rings. The molecule has 1 N–H and O–H groups in total. The summed E-state index contributed by atoms with van der Waals surface area (Å²) < 4.78 is 10.6. The molecule has 2 amide bonds. The topological polar surface area (TPSA) is 67.9 Å². The van der Waals surface area contributed by atoms with E-state index in [-0.39, 0.29) is 11.8 Å². The van der Waals surface area contributed by atoms with Crippen LogP contribution in [0, 0.1) is 0 Å². The molecule has 6 nitrogen and oxygen atoms in total. The first kappa shape index (κ1) is 22.4. The molecule has 33 heavy (non-hydrogen) atoms. The zero-order chi connectivity index (χ0) is 23.4. The van der Waals surface area contributed by atoms with Crippen LogP contribution in [0.2, 0.25) is 0 Å². The van der Waals surface area contributed by atoms with Crippen LogP contribution >= 0.6 is 0 Å². The van der Waals surface area contributed by atoms with Crippen LogP contribution in [0.15, 0.2) is 72.8 Å². The van der Waals surface area contributed by atoms with E-state index >= 15 is 0 Å². The smallest absolute Gasteiger partial charge is 0.255 e. The van der Waals surface area contributed by atoms with Gasteiger partial charge < -0.3 is 19.7 Å². The van der Waals surface area contributed by atoms with E-state index in [2.05, 4.69) is 5.32 Å². The van der Waals surface area contributed by atoms with Crippen molar-refractivity contribution in [1.82, 2.24) is 10.2 Å². The van der Waals surface area contributed by atoms with Gasteiger partial charge in [-0.25, -0.2) is 0 Å². The van der Waals surface area contributed by atoms with Gasteiger partial charge in [0.05, 0.1) is 14.2 Å². The molecule has 0 radical (unpaired) electrons. The molecule has 0 unspecified atom stereocenters. The monoisotopic (exact) mass is 444 g/mol. The van der Waals surface area contributed by atoms with Gasteiger partial charge in [0.15, 0.2) is 0 Å². The van der Waals surface area contributed by atoms with Gasteiger partial charge in [-0.2, -0.15) is 0 Å². The highest BCUT2D eigenvalue weighted by molar-refractivity contribution is 6.02. The minimum Gasteiger partial charge on any atom is -0.497 e. The molecule has 0 aliphatic carbocycles. The van der Waals surface area contributed by atoms with E-state index in [1.807, 2.05) is 79.7 Å². The van der Waals surface area contributed by atoms with Gasteiger partial charge in [0, 0.05) is 30.6 Å². The Morgan fingerprint density at radius 1 is 0.970 bits per heavy atom. The Bertz CT molecular complexity index is 1160. The number of nitrogens with one attached hydrogen (secondary N) is 1. The number of hydrogen-bond donors (Lipinski definition) is 1. The quantitative estimate of drug-likeness (QED) is 0.599. The van der Waals surface area contributed by atoms with E-state index in [1.54, 1.807) is 19.1 Å². The van der Waals surface area contributed by atoms with Crippen molar-refractivity contribution in [2.75, 3.05) is 14.2 Å². The summed E-state index contributed by atoms with van der Waals surface area (Å²) in [6.07, 6.45) is 0.433. The lowest BCUT2D eigenvalue weighted by Gasteiger charge is -2.44. The Morgan fingerprint density at radius 2 is 1.67 bits per heavy atom. The van der Waals surface area contributed by atoms with Gasteiger partial charge in [0.2, 0.25) is 5.91 Å². The van der Waals surface area contributed by atoms with E-state index in [9.17, 15) is 9.59 Å². The number of methoxy groups -OCH3 is 2. The van der Waals surface area contributed by atoms with Crippen molar-refractivity contribution >= 4 is 11.8 Å². The number of carbonyl (C=O) groups is 2. The highest BCUT2D eigenvalue weighted by Crippen LogP contribution is 2.33. The predicted molar refractivity (Wildman–Crippen MR) is 126 cm³/mol. The standard InChI is InChI=1S/C27H28N2O4/c1-27(26(31)28-17-21-9-5-7-11-24(21)33-3)16-20-8-4-6-10-23(20)25(30)29(27)18-19-12-14-22(32-2)15-13-19/h4-15H,16-18H2,1-3H3,(H,28,31)/t27-/m0/s1. The molecule has 0 saturated heterocycles. The fraction of sp³-hybridized carbons (Fsp3) is 0.259. The minimum absolute atomic E-state index is 0.150. The highest BCUT2D eigenvalue weighted by atomic mass is 16.5. The maximum Gasteiger partial charge on any atom is 0.255 e. The van der Waals surface area contributed by atoms with Gasteiger partial charge in [-0.05, 0) is 42.3 Å². The van der Waals surface area contributed by atoms with Crippen LogP contribution in [-0.2, 0) is 24.3 Å². The first-order chi connectivity index (χ1) is 16.0. The molecular formula is C27H28N2O4. The average Bonchev–Trinajstić information content (AvgIpc) is 2.85. The van der Waals surface area contributed by atoms with Crippen molar-refractivity contribution < 1.29 is 19.1 Å². The van der Waals surface area contributed by atoms with E-state index in [4.69, 9.17) is 9.47 Å². The SMILES string of the molecule is COc1ccc(CN2C(=O)c3ccccc3C[C@@]2(C)C(=O)NCc2ccccc2OC)cc1. The fourth-order valence-corrected chi connectivity index (χ4v) is 4.30. The van der Waals surface area contributed by atoms with Crippen LogP contribution in [0.5, 0.6) is 11.5 Å². The molecule has 1 heterocycles. The maximum atomic E-state index is 13.6. The molecule has 170 valence electrons. The molecule has 4 rings (SSSR count). The van der Waals surface area contributed by atoms with Crippen LogP contribution in [0.4, 0.5) is 0 Å². The highest BCUT2D eigenvalue weighted by Gasteiger charge is 2.46. The summed E-state index contributed by atoms with van der Waals surface area (Å²) in [5, 5.41) is 3.04. The zero-order valence-electron chi connectivity index (χ0n) is 19.1. The van der Waals surface area contributed by atoms with Crippen molar-refractivity contribution in [1.29, 1.82) is 0 Å². The lowest BCUT2D eigenvalue weighted by molar-refractivity contribution is -0.132. The van der Waals surface area contributed by atoms with Crippen LogP contribution in [0.25, 0.3) is 0 Å². The number of hydrogen-bond acceptors (Lipinski definition) is 4. The number of nitrogens with zero attached hydrogens (tertiary/aromatic N) is 1. The van der Waals surface area contributed by atoms with Crippen LogP contribution in [0.3, 0.4) is 0 Å². The third kappa shape index (κ3) is 4.42. The molecule has 0 bridgehead atoms. The molecule has 6 heteroatoms. The summed E-state index contributed by atoms with van der Waals surface area (Å²) >= 11 is 0. The maximum absolute atomic E-state index is 13.6. The Morgan fingerprint density at radius 3 is 2.39 bits per heavy atom. The Labute approximate surface area is 194 Å². The molecule has 0 spiro atoms. The van der Waals surface area contributed by atoms with E-state index < -0.39 is 5.54 Å². The summed E-state index contributed by atoms with van der Waals surface area (Å²) in [5.74, 6) is 1.10. The van der Waals surface area contributed by atoms with Gasteiger partial charge in [-0.1, -0.05) is 48.5 Å². The average molecular weight is 445 g/mol.